The van der Waals surface area contributed by atoms with Crippen molar-refractivity contribution >= 4 is 28.3 Å². The molecule has 0 unspecified atom stereocenters. The maximum atomic E-state index is 12.0. The monoisotopic (exact) mass is 472 g/mol. The minimum Gasteiger partial charge on any atom is -0.463 e. The molecule has 31 heavy (non-hydrogen) atoms. The molecule has 0 aromatic heterocycles. The predicted molar refractivity (Wildman–Crippen MR) is 135 cm³/mol. The maximum absolute atomic E-state index is 12.0. The zero-order valence-corrected chi connectivity index (χ0v) is 23.6. The van der Waals surface area contributed by atoms with Crippen molar-refractivity contribution < 1.29 is 23.5 Å². The Kier molecular flexibility index (Phi) is 14.6. The van der Waals surface area contributed by atoms with E-state index in [4.69, 9.17) is 13.9 Å². The molecule has 2 atom stereocenters. The highest BCUT2D eigenvalue weighted by atomic mass is 28.4. The van der Waals surface area contributed by atoms with Gasteiger partial charge in [0.1, 0.15) is 6.10 Å². The molecular weight excluding hydrogens is 424 g/mol. The van der Waals surface area contributed by atoms with Gasteiger partial charge in [-0.15, -0.1) is 0 Å². The van der Waals surface area contributed by atoms with Gasteiger partial charge in [0.05, 0.1) is 6.61 Å². The van der Waals surface area contributed by atoms with Crippen LogP contribution < -0.4 is 0 Å². The average Bonchev–Trinajstić information content (AvgIpc) is 2.64. The standard InChI is InChI=1S/C24H48O5Si2/c1-10-31(11-2,12-3)29-21(5)19-23(28-22(6)25)15-13-14-20(4)18-24(26)27-16-17-30(7,8)9/h18,21,23H,10-17,19H2,1-9H3/b20-18+/t21-,23+/m1/s1. The number of carbonyl (C=O) groups is 2. The minimum atomic E-state index is -1.68. The van der Waals surface area contributed by atoms with E-state index in [0.29, 0.717) is 6.61 Å². The van der Waals surface area contributed by atoms with Crippen LogP contribution in [0.3, 0.4) is 0 Å². The largest absolute Gasteiger partial charge is 0.463 e. The molecule has 0 aliphatic rings. The fourth-order valence-corrected chi connectivity index (χ4v) is 7.35. The Morgan fingerprint density at radius 3 is 2.06 bits per heavy atom. The second-order valence-electron chi connectivity index (χ2n) is 10.0. The Labute approximate surface area is 193 Å². The summed E-state index contributed by atoms with van der Waals surface area (Å²) in [7, 11) is -2.87. The summed E-state index contributed by atoms with van der Waals surface area (Å²) >= 11 is 0. The first kappa shape index (κ1) is 30.1. The number of ether oxygens (including phenoxy) is 2. The Hall–Kier alpha value is -0.926. The summed E-state index contributed by atoms with van der Waals surface area (Å²) in [4.78, 5) is 23.6. The Balaban J connectivity index is 4.63. The minimum absolute atomic E-state index is 0.0776. The van der Waals surface area contributed by atoms with Crippen LogP contribution in [0, 0.1) is 0 Å². The fraction of sp³-hybridized carbons (Fsp3) is 0.833. The van der Waals surface area contributed by atoms with Crippen LogP contribution in [-0.2, 0) is 23.5 Å². The van der Waals surface area contributed by atoms with Crippen molar-refractivity contribution in [3.63, 3.8) is 0 Å². The predicted octanol–water partition coefficient (Wildman–Crippen LogP) is 6.72. The lowest BCUT2D eigenvalue weighted by Gasteiger charge is -2.33. The van der Waals surface area contributed by atoms with E-state index in [1.807, 2.05) is 6.92 Å². The number of carbonyl (C=O) groups excluding carboxylic acids is 2. The highest BCUT2D eigenvalue weighted by Crippen LogP contribution is 2.26. The van der Waals surface area contributed by atoms with E-state index >= 15 is 0 Å². The van der Waals surface area contributed by atoms with Gasteiger partial charge in [0, 0.05) is 33.6 Å². The first-order valence-electron chi connectivity index (χ1n) is 12.0. The molecule has 0 heterocycles. The van der Waals surface area contributed by atoms with E-state index in [1.54, 1.807) is 6.08 Å². The van der Waals surface area contributed by atoms with Gasteiger partial charge in [-0.3, -0.25) is 4.79 Å². The SMILES string of the molecule is CC[Si](CC)(CC)O[C@H](C)C[C@H](CCC/C(C)=C/C(=O)OCC[Si](C)(C)C)OC(C)=O. The Morgan fingerprint density at radius 2 is 1.58 bits per heavy atom. The quantitative estimate of drug-likeness (QED) is 0.142. The van der Waals surface area contributed by atoms with Crippen LogP contribution in [0.2, 0.25) is 43.8 Å². The van der Waals surface area contributed by atoms with Crippen molar-refractivity contribution in [2.75, 3.05) is 6.61 Å². The van der Waals surface area contributed by atoms with E-state index in [1.165, 1.54) is 6.92 Å². The molecule has 0 N–H and O–H groups in total. The lowest BCUT2D eigenvalue weighted by molar-refractivity contribution is -0.147. The van der Waals surface area contributed by atoms with Crippen LogP contribution in [0.15, 0.2) is 11.6 Å². The number of esters is 2. The van der Waals surface area contributed by atoms with Gasteiger partial charge < -0.3 is 13.9 Å². The van der Waals surface area contributed by atoms with Crippen LogP contribution in [0.25, 0.3) is 0 Å². The van der Waals surface area contributed by atoms with Crippen LogP contribution in [0.1, 0.15) is 67.2 Å². The van der Waals surface area contributed by atoms with Gasteiger partial charge in [-0.25, -0.2) is 4.79 Å². The van der Waals surface area contributed by atoms with Gasteiger partial charge in [0.2, 0.25) is 0 Å². The molecule has 5 nitrogen and oxygen atoms in total. The van der Waals surface area contributed by atoms with Gasteiger partial charge in [0.15, 0.2) is 8.32 Å². The smallest absolute Gasteiger partial charge is 0.330 e. The molecule has 0 aliphatic carbocycles. The van der Waals surface area contributed by atoms with Crippen molar-refractivity contribution in [3.8, 4) is 0 Å². The van der Waals surface area contributed by atoms with E-state index in [0.717, 1.165) is 55.4 Å². The second-order valence-corrected chi connectivity index (χ2v) is 20.3. The molecular formula is C24H48O5Si2. The Morgan fingerprint density at radius 1 is 1.00 bits per heavy atom. The highest BCUT2D eigenvalue weighted by molar-refractivity contribution is 6.76. The summed E-state index contributed by atoms with van der Waals surface area (Å²) in [6.45, 7) is 19.5. The zero-order valence-electron chi connectivity index (χ0n) is 21.6. The molecule has 0 bridgehead atoms. The average molecular weight is 473 g/mol. The van der Waals surface area contributed by atoms with Crippen molar-refractivity contribution in [1.29, 1.82) is 0 Å². The Bertz CT molecular complexity index is 557. The van der Waals surface area contributed by atoms with Gasteiger partial charge in [-0.1, -0.05) is 46.0 Å². The van der Waals surface area contributed by atoms with Gasteiger partial charge in [0.25, 0.3) is 0 Å². The summed E-state index contributed by atoms with van der Waals surface area (Å²) < 4.78 is 17.4. The normalized spacial score (nSPS) is 14.8. The number of hydrogen-bond acceptors (Lipinski definition) is 5. The molecule has 0 saturated heterocycles. The molecule has 0 radical (unpaired) electrons. The fourth-order valence-electron chi connectivity index (χ4n) is 3.69. The third-order valence-electron chi connectivity index (χ3n) is 5.87. The summed E-state index contributed by atoms with van der Waals surface area (Å²) in [5, 5.41) is 0. The summed E-state index contributed by atoms with van der Waals surface area (Å²) in [6.07, 6.45) is 4.65. The topological polar surface area (TPSA) is 61.8 Å². The van der Waals surface area contributed by atoms with Crippen molar-refractivity contribution in [3.05, 3.63) is 11.6 Å². The van der Waals surface area contributed by atoms with Gasteiger partial charge in [-0.2, -0.15) is 0 Å². The highest BCUT2D eigenvalue weighted by Gasteiger charge is 2.31. The van der Waals surface area contributed by atoms with E-state index < -0.39 is 16.4 Å². The molecule has 0 amide bonds. The van der Waals surface area contributed by atoms with Gasteiger partial charge >= 0.3 is 11.9 Å². The van der Waals surface area contributed by atoms with Crippen molar-refractivity contribution in [1.82, 2.24) is 0 Å². The maximum Gasteiger partial charge on any atom is 0.330 e. The first-order valence-corrected chi connectivity index (χ1v) is 18.3. The molecule has 0 fully saturated rings. The van der Waals surface area contributed by atoms with Crippen LogP contribution in [0.4, 0.5) is 0 Å². The molecule has 0 aromatic rings. The number of hydrogen-bond donors (Lipinski definition) is 0. The second kappa shape index (κ2) is 15.0. The number of allylic oxidation sites excluding steroid dienone is 1. The molecule has 182 valence electrons. The zero-order chi connectivity index (χ0) is 24.1. The molecule has 0 aromatic carbocycles. The van der Waals surface area contributed by atoms with E-state index in [2.05, 4.69) is 47.3 Å². The molecule has 0 rings (SSSR count). The summed E-state index contributed by atoms with van der Waals surface area (Å²) in [6, 6.07) is 4.32. The lowest BCUT2D eigenvalue weighted by atomic mass is 10.0. The van der Waals surface area contributed by atoms with E-state index in [9.17, 15) is 9.59 Å². The summed E-state index contributed by atoms with van der Waals surface area (Å²) in [5.41, 5.74) is 0.998. The molecule has 0 saturated carbocycles. The van der Waals surface area contributed by atoms with Gasteiger partial charge in [-0.05, 0) is 57.3 Å². The molecule has 7 heteroatoms. The first-order chi connectivity index (χ1) is 14.4. The van der Waals surface area contributed by atoms with Crippen LogP contribution >= 0.6 is 0 Å². The van der Waals surface area contributed by atoms with Crippen LogP contribution in [-0.4, -0.2) is 47.1 Å². The van der Waals surface area contributed by atoms with Crippen molar-refractivity contribution in [2.24, 2.45) is 0 Å². The van der Waals surface area contributed by atoms with Crippen molar-refractivity contribution in [2.45, 2.75) is 123 Å². The number of rotatable bonds is 16. The molecule has 0 spiro atoms. The third kappa shape index (κ3) is 14.7. The lowest BCUT2D eigenvalue weighted by Crippen LogP contribution is -2.40. The molecule has 0 aliphatic heterocycles. The van der Waals surface area contributed by atoms with Crippen LogP contribution in [0.5, 0.6) is 0 Å². The summed E-state index contributed by atoms with van der Waals surface area (Å²) in [5.74, 6) is -0.505. The van der Waals surface area contributed by atoms with E-state index in [-0.39, 0.29) is 24.1 Å². The third-order valence-corrected chi connectivity index (χ3v) is 12.3.